The topological polar surface area (TPSA) is 17.8 Å². The van der Waals surface area contributed by atoms with Crippen LogP contribution in [0.4, 0.5) is 0 Å². The van der Waals surface area contributed by atoms with Crippen molar-refractivity contribution in [2.75, 3.05) is 0 Å². The van der Waals surface area contributed by atoms with Crippen molar-refractivity contribution in [1.82, 2.24) is 9.55 Å². The highest BCUT2D eigenvalue weighted by atomic mass is 15.1. The number of hydrogen-bond acceptors (Lipinski definition) is 1. The molecule has 11 rings (SSSR count). The number of rotatable bonds is 4. The summed E-state index contributed by atoms with van der Waals surface area (Å²) in [6.07, 6.45) is 0. The highest BCUT2D eigenvalue weighted by Gasteiger charge is 2.18. The van der Waals surface area contributed by atoms with Gasteiger partial charge in [-0.05, 0) is 100 Å². The van der Waals surface area contributed by atoms with E-state index in [0.29, 0.717) is 0 Å². The van der Waals surface area contributed by atoms with E-state index in [4.69, 9.17) is 4.98 Å². The molecular weight excluding hydrogens is 617 g/mol. The van der Waals surface area contributed by atoms with E-state index >= 15 is 0 Å². The van der Waals surface area contributed by atoms with Gasteiger partial charge in [-0.1, -0.05) is 158 Å². The summed E-state index contributed by atoms with van der Waals surface area (Å²) in [5.41, 5.74) is 9.06. The third-order valence-electron chi connectivity index (χ3n) is 10.7. The lowest BCUT2D eigenvalue weighted by atomic mass is 9.87. The standard InChI is InChI=1S/C49H30N2/c1-2-11-34(12-3-1)49-50-45-30-35(38-17-6-13-31-10-4-5-16-37(31)38)24-29-46(45)51(49)36-25-22-32(23-26-36)39-27-28-44-42-19-8-15-33-14-7-18-41(47(33)42)43-21-9-20-40(39)48(43)44/h1-30H. The van der Waals surface area contributed by atoms with E-state index in [0.717, 1.165) is 28.1 Å². The Balaban J connectivity index is 1.07. The number of nitrogens with zero attached hydrogens (tertiary/aromatic N) is 2. The van der Waals surface area contributed by atoms with Gasteiger partial charge in [-0.25, -0.2) is 4.98 Å². The van der Waals surface area contributed by atoms with Crippen molar-refractivity contribution >= 4 is 64.9 Å². The molecular formula is C49H30N2. The highest BCUT2D eigenvalue weighted by Crippen LogP contribution is 2.43. The second-order valence-electron chi connectivity index (χ2n) is 13.5. The molecule has 0 aliphatic heterocycles. The lowest BCUT2D eigenvalue weighted by molar-refractivity contribution is 1.10. The molecule has 51 heavy (non-hydrogen) atoms. The van der Waals surface area contributed by atoms with Crippen LogP contribution in [0.2, 0.25) is 0 Å². The zero-order chi connectivity index (χ0) is 33.5. The lowest BCUT2D eigenvalue weighted by Gasteiger charge is -2.17. The average molecular weight is 647 g/mol. The quantitative estimate of drug-likeness (QED) is 0.137. The zero-order valence-corrected chi connectivity index (χ0v) is 27.7. The molecule has 2 heteroatoms. The number of fused-ring (bicyclic) bond motifs is 4. The number of imidazole rings is 1. The number of benzene rings is 10. The van der Waals surface area contributed by atoms with Crippen molar-refractivity contribution in [2.24, 2.45) is 0 Å². The van der Waals surface area contributed by atoms with E-state index in [-0.39, 0.29) is 0 Å². The van der Waals surface area contributed by atoms with E-state index in [1.165, 1.54) is 76.1 Å². The van der Waals surface area contributed by atoms with E-state index in [1.54, 1.807) is 0 Å². The van der Waals surface area contributed by atoms with Gasteiger partial charge in [-0.3, -0.25) is 4.57 Å². The van der Waals surface area contributed by atoms with Crippen molar-refractivity contribution in [2.45, 2.75) is 0 Å². The summed E-state index contributed by atoms with van der Waals surface area (Å²) >= 11 is 0. The summed E-state index contributed by atoms with van der Waals surface area (Å²) in [4.78, 5) is 5.28. The molecule has 236 valence electrons. The van der Waals surface area contributed by atoms with Gasteiger partial charge in [-0.2, -0.15) is 0 Å². The third-order valence-corrected chi connectivity index (χ3v) is 10.7. The molecule has 0 amide bonds. The Hall–Kier alpha value is -6.77. The summed E-state index contributed by atoms with van der Waals surface area (Å²) in [6.45, 7) is 0. The Labute approximate surface area is 294 Å². The molecule has 11 aromatic rings. The molecule has 0 aliphatic carbocycles. The number of aromatic nitrogens is 2. The van der Waals surface area contributed by atoms with Crippen LogP contribution < -0.4 is 0 Å². The number of hydrogen-bond donors (Lipinski definition) is 0. The van der Waals surface area contributed by atoms with Crippen LogP contribution in [0.5, 0.6) is 0 Å². The van der Waals surface area contributed by atoms with Gasteiger partial charge in [0.2, 0.25) is 0 Å². The summed E-state index contributed by atoms with van der Waals surface area (Å²) in [7, 11) is 0. The van der Waals surface area contributed by atoms with Gasteiger partial charge in [0.15, 0.2) is 0 Å². The SMILES string of the molecule is c1ccc(-c2nc3cc(-c4cccc5ccccc45)ccc3n2-c2ccc(-c3ccc4c5cccc6cccc(c7cccc3c74)c65)cc2)cc1. The van der Waals surface area contributed by atoms with Crippen LogP contribution in [0, 0.1) is 0 Å². The zero-order valence-electron chi connectivity index (χ0n) is 27.7. The molecule has 0 spiro atoms. The van der Waals surface area contributed by atoms with Crippen LogP contribution in [0.1, 0.15) is 0 Å². The van der Waals surface area contributed by atoms with E-state index in [9.17, 15) is 0 Å². The van der Waals surface area contributed by atoms with Gasteiger partial charge in [0.1, 0.15) is 5.82 Å². The van der Waals surface area contributed by atoms with Crippen LogP contribution in [0.15, 0.2) is 182 Å². The summed E-state index contributed by atoms with van der Waals surface area (Å²) in [6, 6.07) is 66.1. The van der Waals surface area contributed by atoms with Crippen molar-refractivity contribution in [3.05, 3.63) is 182 Å². The van der Waals surface area contributed by atoms with E-state index < -0.39 is 0 Å². The van der Waals surface area contributed by atoms with Crippen LogP contribution >= 0.6 is 0 Å². The van der Waals surface area contributed by atoms with Gasteiger partial charge in [-0.15, -0.1) is 0 Å². The first-order valence-corrected chi connectivity index (χ1v) is 17.6. The van der Waals surface area contributed by atoms with Crippen molar-refractivity contribution < 1.29 is 0 Å². The fraction of sp³-hybridized carbons (Fsp3) is 0. The maximum atomic E-state index is 5.28. The smallest absolute Gasteiger partial charge is 0.145 e. The molecule has 2 nitrogen and oxygen atoms in total. The van der Waals surface area contributed by atoms with Gasteiger partial charge in [0.25, 0.3) is 0 Å². The van der Waals surface area contributed by atoms with Gasteiger partial charge in [0.05, 0.1) is 11.0 Å². The molecule has 0 N–H and O–H groups in total. The predicted molar refractivity (Wildman–Crippen MR) is 216 cm³/mol. The first kappa shape index (κ1) is 28.1. The maximum absolute atomic E-state index is 5.28. The fourth-order valence-electron chi connectivity index (χ4n) is 8.45. The van der Waals surface area contributed by atoms with Gasteiger partial charge >= 0.3 is 0 Å². The minimum Gasteiger partial charge on any atom is -0.292 e. The Kier molecular flexibility index (Phi) is 5.99. The third kappa shape index (κ3) is 4.20. The largest absolute Gasteiger partial charge is 0.292 e. The molecule has 0 saturated heterocycles. The highest BCUT2D eigenvalue weighted by molar-refractivity contribution is 6.34. The Morgan fingerprint density at radius 1 is 0.353 bits per heavy atom. The van der Waals surface area contributed by atoms with Crippen molar-refractivity contribution in [3.8, 4) is 39.3 Å². The molecule has 0 radical (unpaired) electrons. The first-order valence-electron chi connectivity index (χ1n) is 17.6. The van der Waals surface area contributed by atoms with Crippen molar-refractivity contribution in [1.29, 1.82) is 0 Å². The minimum absolute atomic E-state index is 0.933. The van der Waals surface area contributed by atoms with Crippen molar-refractivity contribution in [3.63, 3.8) is 0 Å². The fourth-order valence-corrected chi connectivity index (χ4v) is 8.45. The van der Waals surface area contributed by atoms with Crippen LogP contribution in [-0.2, 0) is 0 Å². The monoisotopic (exact) mass is 646 g/mol. The van der Waals surface area contributed by atoms with E-state index in [2.05, 4.69) is 187 Å². The van der Waals surface area contributed by atoms with Gasteiger partial charge < -0.3 is 0 Å². The maximum Gasteiger partial charge on any atom is 0.145 e. The second kappa shape index (κ2) is 10.9. The normalized spacial score (nSPS) is 11.9. The van der Waals surface area contributed by atoms with Crippen LogP contribution in [-0.4, -0.2) is 9.55 Å². The Bertz CT molecular complexity index is 3060. The molecule has 0 saturated carbocycles. The summed E-state index contributed by atoms with van der Waals surface area (Å²) in [5.74, 6) is 0.933. The molecule has 0 unspecified atom stereocenters. The Morgan fingerprint density at radius 2 is 0.941 bits per heavy atom. The molecule has 1 heterocycles. The first-order chi connectivity index (χ1) is 25.3. The molecule has 0 aliphatic rings. The minimum atomic E-state index is 0.933. The van der Waals surface area contributed by atoms with E-state index in [1.807, 2.05) is 0 Å². The molecule has 0 atom stereocenters. The molecule has 0 fully saturated rings. The van der Waals surface area contributed by atoms with Gasteiger partial charge in [0, 0.05) is 11.3 Å². The van der Waals surface area contributed by atoms with Crippen LogP contribution in [0.25, 0.3) is 104 Å². The average Bonchev–Trinajstić information content (AvgIpc) is 3.59. The predicted octanol–water partition coefficient (Wildman–Crippen LogP) is 13.2. The van der Waals surface area contributed by atoms with Crippen LogP contribution in [0.3, 0.4) is 0 Å². The molecule has 0 bridgehead atoms. The summed E-state index contributed by atoms with van der Waals surface area (Å²) < 4.78 is 2.30. The summed E-state index contributed by atoms with van der Waals surface area (Å²) in [5, 5.41) is 13.0. The Morgan fingerprint density at radius 3 is 1.76 bits per heavy atom. The molecule has 1 aromatic heterocycles. The lowest BCUT2D eigenvalue weighted by Crippen LogP contribution is -1.97. The second-order valence-corrected chi connectivity index (χ2v) is 13.5. The molecule has 10 aromatic carbocycles.